The maximum absolute atomic E-state index is 12.5. The highest BCUT2D eigenvalue weighted by Gasteiger charge is 2.16. The van der Waals surface area contributed by atoms with Crippen LogP contribution >= 0.6 is 0 Å². The molecule has 2 aromatic carbocycles. The van der Waals surface area contributed by atoms with E-state index in [2.05, 4.69) is 11.6 Å². The van der Waals surface area contributed by atoms with Crippen molar-refractivity contribution in [1.29, 1.82) is 0 Å². The van der Waals surface area contributed by atoms with Gasteiger partial charge < -0.3 is 9.15 Å². The summed E-state index contributed by atoms with van der Waals surface area (Å²) < 4.78 is 38.2. The Kier molecular flexibility index (Phi) is 8.05. The number of nitrogens with one attached hydrogen (secondary N) is 1. The molecular weight excluding hydrogens is 442 g/mol. The van der Waals surface area contributed by atoms with Crippen molar-refractivity contribution < 1.29 is 22.4 Å². The van der Waals surface area contributed by atoms with Gasteiger partial charge in [0.15, 0.2) is 0 Å². The Bertz CT molecular complexity index is 1290. The maximum atomic E-state index is 12.5. The molecule has 0 amide bonds. The quantitative estimate of drug-likeness (QED) is 0.203. The molecule has 0 spiro atoms. The number of rotatable bonds is 10. The molecule has 0 aliphatic carbocycles. The van der Waals surface area contributed by atoms with E-state index in [1.54, 1.807) is 36.4 Å². The predicted octanol–water partition coefficient (Wildman–Crippen LogP) is 4.42. The molecule has 3 aromatic rings. The second-order valence-electron chi connectivity index (χ2n) is 8.12. The van der Waals surface area contributed by atoms with Crippen LogP contribution in [0.25, 0.3) is 11.0 Å². The van der Waals surface area contributed by atoms with Crippen molar-refractivity contribution in [2.45, 2.75) is 57.8 Å². The van der Waals surface area contributed by atoms with Gasteiger partial charge in [0.25, 0.3) is 0 Å². The number of ether oxygens (including phenoxy) is 1. The lowest BCUT2D eigenvalue weighted by atomic mass is 10.0. The zero-order valence-corrected chi connectivity index (χ0v) is 20.0. The van der Waals surface area contributed by atoms with Crippen LogP contribution in [0.15, 0.2) is 56.6 Å². The molecule has 0 bridgehead atoms. The highest BCUT2D eigenvalue weighted by Crippen LogP contribution is 2.31. The average Bonchev–Trinajstić information content (AvgIpc) is 2.74. The van der Waals surface area contributed by atoms with E-state index in [9.17, 15) is 18.0 Å². The molecule has 3 rings (SSSR count). The van der Waals surface area contributed by atoms with Gasteiger partial charge in [-0.15, -0.1) is 0 Å². The number of sulfonamides is 1. The van der Waals surface area contributed by atoms with Gasteiger partial charge >= 0.3 is 11.6 Å². The molecule has 1 heterocycles. The fourth-order valence-corrected chi connectivity index (χ4v) is 4.60. The molecule has 0 unspecified atom stereocenters. The monoisotopic (exact) mass is 471 g/mol. The number of benzene rings is 2. The summed E-state index contributed by atoms with van der Waals surface area (Å²) in [6, 6.07) is 11.5. The normalized spacial score (nSPS) is 11.6. The molecule has 176 valence electrons. The topological polar surface area (TPSA) is 103 Å². The summed E-state index contributed by atoms with van der Waals surface area (Å²) in [4.78, 5) is 24.6. The Balaban J connectivity index is 1.67. The molecule has 0 fully saturated rings. The minimum absolute atomic E-state index is 0.0347. The molecule has 0 saturated carbocycles. The zero-order valence-electron chi connectivity index (χ0n) is 19.1. The molecule has 1 aromatic heterocycles. The first-order chi connectivity index (χ1) is 15.7. The first-order valence-corrected chi connectivity index (χ1v) is 12.5. The van der Waals surface area contributed by atoms with E-state index in [1.165, 1.54) is 6.07 Å². The molecule has 33 heavy (non-hydrogen) atoms. The van der Waals surface area contributed by atoms with Crippen LogP contribution in [0, 0.1) is 13.8 Å². The van der Waals surface area contributed by atoms with Gasteiger partial charge in [-0.3, -0.25) is 4.79 Å². The molecule has 7 nitrogen and oxygen atoms in total. The van der Waals surface area contributed by atoms with E-state index in [0.717, 1.165) is 29.5 Å². The standard InChI is InChI=1S/C25H29NO6S/c1-4-5-7-19-16-24(28)32-22-15-18(3)14-21(25(19)22)31-23(27)8-6-13-26-33(29,30)20-11-9-17(2)10-12-20/h9-12,14-16,26H,4-8,13H2,1-3H3. The zero-order chi connectivity index (χ0) is 24.0. The van der Waals surface area contributed by atoms with Gasteiger partial charge in [-0.1, -0.05) is 31.0 Å². The lowest BCUT2D eigenvalue weighted by Gasteiger charge is -2.12. The Morgan fingerprint density at radius 1 is 1.03 bits per heavy atom. The smallest absolute Gasteiger partial charge is 0.336 e. The first-order valence-electron chi connectivity index (χ1n) is 11.0. The van der Waals surface area contributed by atoms with Crippen molar-refractivity contribution in [3.63, 3.8) is 0 Å². The minimum atomic E-state index is -3.63. The summed E-state index contributed by atoms with van der Waals surface area (Å²) in [6.45, 7) is 5.88. The number of hydrogen-bond donors (Lipinski definition) is 1. The van der Waals surface area contributed by atoms with Crippen LogP contribution in [0.5, 0.6) is 5.75 Å². The van der Waals surface area contributed by atoms with Crippen LogP contribution in [0.4, 0.5) is 0 Å². The fourth-order valence-electron chi connectivity index (χ4n) is 3.53. The molecule has 0 aliphatic rings. The van der Waals surface area contributed by atoms with Crippen molar-refractivity contribution in [3.8, 4) is 5.75 Å². The molecule has 0 saturated heterocycles. The third kappa shape index (κ3) is 6.52. The van der Waals surface area contributed by atoms with Crippen LogP contribution in [0.2, 0.25) is 0 Å². The molecular formula is C25H29NO6S. The number of hydrogen-bond acceptors (Lipinski definition) is 6. The summed E-state index contributed by atoms with van der Waals surface area (Å²) in [5.74, 6) is -0.130. The molecule has 8 heteroatoms. The average molecular weight is 472 g/mol. The first kappa shape index (κ1) is 24.7. The lowest BCUT2D eigenvalue weighted by Crippen LogP contribution is -2.25. The van der Waals surface area contributed by atoms with Crippen LogP contribution in [-0.4, -0.2) is 20.9 Å². The number of carbonyl (C=O) groups is 1. The second-order valence-corrected chi connectivity index (χ2v) is 9.89. The number of esters is 1. The molecule has 0 radical (unpaired) electrons. The number of carbonyl (C=O) groups excluding carboxylic acids is 1. The Morgan fingerprint density at radius 3 is 2.45 bits per heavy atom. The van der Waals surface area contributed by atoms with E-state index < -0.39 is 21.6 Å². The van der Waals surface area contributed by atoms with Gasteiger partial charge in [0.2, 0.25) is 10.0 Å². The van der Waals surface area contributed by atoms with Gasteiger partial charge in [-0.05, 0) is 68.5 Å². The van der Waals surface area contributed by atoms with Crippen LogP contribution in [0.3, 0.4) is 0 Å². The van der Waals surface area contributed by atoms with Gasteiger partial charge in [0.1, 0.15) is 11.3 Å². The van der Waals surface area contributed by atoms with E-state index in [1.807, 2.05) is 13.8 Å². The van der Waals surface area contributed by atoms with Crippen LogP contribution in [-0.2, 0) is 21.2 Å². The second kappa shape index (κ2) is 10.8. The van der Waals surface area contributed by atoms with Gasteiger partial charge in [-0.2, -0.15) is 0 Å². The SMILES string of the molecule is CCCCc1cc(=O)oc2cc(C)cc(OC(=O)CCCNS(=O)(=O)c3ccc(C)cc3)c12. The Hall–Kier alpha value is -2.97. The third-order valence-electron chi connectivity index (χ3n) is 5.24. The van der Waals surface area contributed by atoms with Gasteiger partial charge in [0, 0.05) is 19.0 Å². The third-order valence-corrected chi connectivity index (χ3v) is 6.72. The number of unbranched alkanes of at least 4 members (excludes halogenated alkanes) is 1. The predicted molar refractivity (Wildman–Crippen MR) is 127 cm³/mol. The number of aryl methyl sites for hydroxylation is 3. The fraction of sp³-hybridized carbons (Fsp3) is 0.360. The van der Waals surface area contributed by atoms with E-state index in [4.69, 9.17) is 9.15 Å². The summed E-state index contributed by atoms with van der Waals surface area (Å²) in [5, 5.41) is 0.627. The highest BCUT2D eigenvalue weighted by molar-refractivity contribution is 7.89. The lowest BCUT2D eigenvalue weighted by molar-refractivity contribution is -0.134. The van der Waals surface area contributed by atoms with E-state index in [0.29, 0.717) is 23.1 Å². The van der Waals surface area contributed by atoms with Crippen LogP contribution < -0.4 is 15.1 Å². The largest absolute Gasteiger partial charge is 0.426 e. The summed E-state index contributed by atoms with van der Waals surface area (Å²) in [6.07, 6.45) is 2.84. The molecule has 1 N–H and O–H groups in total. The highest BCUT2D eigenvalue weighted by atomic mass is 32.2. The molecule has 0 atom stereocenters. The Morgan fingerprint density at radius 2 is 1.76 bits per heavy atom. The van der Waals surface area contributed by atoms with Crippen molar-refractivity contribution >= 4 is 27.0 Å². The minimum Gasteiger partial charge on any atom is -0.426 e. The van der Waals surface area contributed by atoms with E-state index in [-0.39, 0.29) is 24.3 Å². The van der Waals surface area contributed by atoms with Crippen molar-refractivity contribution in [2.24, 2.45) is 0 Å². The van der Waals surface area contributed by atoms with E-state index >= 15 is 0 Å². The molecule has 0 aliphatic heterocycles. The van der Waals surface area contributed by atoms with Gasteiger partial charge in [-0.25, -0.2) is 17.9 Å². The van der Waals surface area contributed by atoms with Crippen molar-refractivity contribution in [3.05, 3.63) is 69.6 Å². The summed E-state index contributed by atoms with van der Waals surface area (Å²) in [7, 11) is -3.63. The van der Waals surface area contributed by atoms with Crippen molar-refractivity contribution in [2.75, 3.05) is 6.54 Å². The van der Waals surface area contributed by atoms with Crippen molar-refractivity contribution in [1.82, 2.24) is 4.72 Å². The van der Waals surface area contributed by atoms with Crippen LogP contribution in [0.1, 0.15) is 49.3 Å². The number of fused-ring (bicyclic) bond motifs is 1. The maximum Gasteiger partial charge on any atom is 0.336 e. The summed E-state index contributed by atoms with van der Waals surface area (Å²) in [5.41, 5.74) is 2.51. The Labute approximate surface area is 193 Å². The van der Waals surface area contributed by atoms with Gasteiger partial charge in [0.05, 0.1) is 10.3 Å². The summed E-state index contributed by atoms with van der Waals surface area (Å²) >= 11 is 0.